The van der Waals surface area contributed by atoms with E-state index in [0.29, 0.717) is 32.8 Å². The molecule has 1 saturated heterocycles. The second-order valence-corrected chi connectivity index (χ2v) is 13.3. The van der Waals surface area contributed by atoms with Crippen LogP contribution >= 0.6 is 22.6 Å². The molecule has 0 N–H and O–H groups in total. The van der Waals surface area contributed by atoms with E-state index in [0.717, 1.165) is 54.0 Å². The molecule has 6 aromatic carbocycles. The van der Waals surface area contributed by atoms with Gasteiger partial charge < -0.3 is 28.4 Å². The minimum atomic E-state index is -0.733. The summed E-state index contributed by atoms with van der Waals surface area (Å²) >= 11 is 2.38. The Morgan fingerprint density at radius 3 is 1.31 bits per heavy atom. The van der Waals surface area contributed by atoms with E-state index in [9.17, 15) is 0 Å². The predicted octanol–water partition coefficient (Wildman–Crippen LogP) is 10.1. The molecule has 6 nitrogen and oxygen atoms in total. The van der Waals surface area contributed by atoms with Crippen LogP contribution in [0.1, 0.15) is 27.8 Å². The molecule has 0 amide bonds. The molecule has 258 valence electrons. The van der Waals surface area contributed by atoms with Gasteiger partial charge in [0.15, 0.2) is 6.29 Å². The molecule has 7 heteroatoms. The lowest BCUT2D eigenvalue weighted by Crippen LogP contribution is -2.28. The van der Waals surface area contributed by atoms with Crippen molar-refractivity contribution >= 4 is 22.6 Å². The third-order valence-electron chi connectivity index (χ3n) is 8.51. The highest BCUT2D eigenvalue weighted by atomic mass is 127. The van der Waals surface area contributed by atoms with Crippen molar-refractivity contribution in [2.75, 3.05) is 0 Å². The van der Waals surface area contributed by atoms with Gasteiger partial charge in [-0.25, -0.2) is 0 Å². The first-order chi connectivity index (χ1) is 25.2. The summed E-state index contributed by atoms with van der Waals surface area (Å²) in [5, 5.41) is 0. The van der Waals surface area contributed by atoms with Crippen molar-refractivity contribution in [2.45, 2.75) is 51.7 Å². The molecule has 0 aliphatic carbocycles. The molecular weight excluding hydrogens is 751 g/mol. The van der Waals surface area contributed by atoms with Gasteiger partial charge in [-0.05, 0) is 56.0 Å². The Kier molecular flexibility index (Phi) is 12.1. The maximum absolute atomic E-state index is 6.63. The van der Waals surface area contributed by atoms with Crippen LogP contribution in [0.25, 0.3) is 11.1 Å². The lowest BCUT2D eigenvalue weighted by atomic mass is 9.95. The molecule has 1 aliphatic rings. The van der Waals surface area contributed by atoms with Gasteiger partial charge in [-0.2, -0.15) is 0 Å². The van der Waals surface area contributed by atoms with Crippen LogP contribution in [-0.2, 0) is 51.8 Å². The van der Waals surface area contributed by atoms with Crippen LogP contribution in [0.15, 0.2) is 158 Å². The SMILES string of the molecule is Ic1c(OCc2ccccc2)cc(OCc2ccccc2)c(-c2ccccc2)c1CC1O[C@@H](OCc2ccccc2)[C@H](OCc2ccccc2)O1. The van der Waals surface area contributed by atoms with E-state index in [4.69, 9.17) is 28.4 Å². The molecule has 7 rings (SSSR count). The maximum Gasteiger partial charge on any atom is 0.212 e. The monoisotopic (exact) mass is 790 g/mol. The second kappa shape index (κ2) is 17.6. The smallest absolute Gasteiger partial charge is 0.212 e. The van der Waals surface area contributed by atoms with E-state index in [1.54, 1.807) is 0 Å². The first-order valence-corrected chi connectivity index (χ1v) is 18.1. The van der Waals surface area contributed by atoms with Crippen LogP contribution in [-0.4, -0.2) is 18.9 Å². The summed E-state index contributed by atoms with van der Waals surface area (Å²) < 4.78 is 39.7. The molecule has 0 radical (unpaired) electrons. The van der Waals surface area contributed by atoms with Gasteiger partial charge >= 0.3 is 0 Å². The van der Waals surface area contributed by atoms with Crippen molar-refractivity contribution in [3.63, 3.8) is 0 Å². The number of hydrogen-bond acceptors (Lipinski definition) is 6. The first-order valence-electron chi connectivity index (χ1n) is 17.1. The second-order valence-electron chi connectivity index (χ2n) is 12.2. The van der Waals surface area contributed by atoms with E-state index < -0.39 is 18.9 Å². The van der Waals surface area contributed by atoms with Crippen molar-refractivity contribution in [2.24, 2.45) is 0 Å². The van der Waals surface area contributed by atoms with Gasteiger partial charge in [0.1, 0.15) is 24.7 Å². The normalized spacial score (nSPS) is 15.9. The number of hydrogen-bond donors (Lipinski definition) is 0. The standard InChI is InChI=1S/C44H39IO6/c45-42-37(26-40-50-43(48-30-34-20-10-3-11-21-34)44(51-40)49-31-35-22-12-4-13-23-35)41(36-24-14-5-15-25-36)38(46-28-32-16-6-1-7-17-32)27-39(42)47-29-33-18-8-2-9-19-33/h1-25,27,40,43-44H,26,28-31H2/t43-,44-/m1/s1. The molecule has 0 saturated carbocycles. The van der Waals surface area contributed by atoms with Crippen molar-refractivity contribution in [1.82, 2.24) is 0 Å². The van der Waals surface area contributed by atoms with Crippen LogP contribution in [0, 0.1) is 3.57 Å². The molecule has 1 aliphatic heterocycles. The Hall–Kier alpha value is -4.51. The number of ether oxygens (including phenoxy) is 6. The van der Waals surface area contributed by atoms with Crippen molar-refractivity contribution in [1.29, 1.82) is 0 Å². The highest BCUT2D eigenvalue weighted by Gasteiger charge is 2.39. The van der Waals surface area contributed by atoms with Gasteiger partial charge in [0, 0.05) is 18.1 Å². The molecule has 2 atom stereocenters. The summed E-state index contributed by atoms with van der Waals surface area (Å²) in [6, 6.07) is 52.7. The Labute approximate surface area is 313 Å². The van der Waals surface area contributed by atoms with Crippen LogP contribution in [0.3, 0.4) is 0 Å². The molecule has 0 aromatic heterocycles. The minimum absolute atomic E-state index is 0.361. The summed E-state index contributed by atoms with van der Waals surface area (Å²) in [6.07, 6.45) is -1.72. The molecule has 0 bridgehead atoms. The average molecular weight is 791 g/mol. The average Bonchev–Trinajstić information content (AvgIpc) is 3.59. The van der Waals surface area contributed by atoms with Crippen molar-refractivity contribution < 1.29 is 28.4 Å². The van der Waals surface area contributed by atoms with Gasteiger partial charge in [0.2, 0.25) is 12.6 Å². The first kappa shape index (κ1) is 34.9. The zero-order chi connectivity index (χ0) is 34.7. The molecule has 0 spiro atoms. The largest absolute Gasteiger partial charge is 0.488 e. The summed E-state index contributed by atoms with van der Waals surface area (Å²) in [4.78, 5) is 0. The van der Waals surface area contributed by atoms with E-state index in [2.05, 4.69) is 59.0 Å². The van der Waals surface area contributed by atoms with Crippen LogP contribution in [0.4, 0.5) is 0 Å². The zero-order valence-electron chi connectivity index (χ0n) is 28.1. The van der Waals surface area contributed by atoms with Gasteiger partial charge in [-0.15, -0.1) is 0 Å². The summed E-state index contributed by atoms with van der Waals surface area (Å²) in [5.41, 5.74) is 7.20. The number of rotatable bonds is 15. The Morgan fingerprint density at radius 1 is 0.471 bits per heavy atom. The number of benzene rings is 6. The third-order valence-corrected chi connectivity index (χ3v) is 9.69. The molecule has 0 unspecified atom stereocenters. The van der Waals surface area contributed by atoms with Crippen molar-refractivity contribution in [3.8, 4) is 22.6 Å². The fourth-order valence-electron chi connectivity index (χ4n) is 5.93. The van der Waals surface area contributed by atoms with Gasteiger partial charge in [0.05, 0.1) is 16.8 Å². The minimum Gasteiger partial charge on any atom is -0.488 e. The Bertz CT molecular complexity index is 1890. The topological polar surface area (TPSA) is 55.4 Å². The Morgan fingerprint density at radius 2 is 0.863 bits per heavy atom. The molecule has 6 aromatic rings. The molecule has 1 fully saturated rings. The lowest BCUT2D eigenvalue weighted by molar-refractivity contribution is -0.200. The quantitative estimate of drug-likeness (QED) is 0.0966. The Balaban J connectivity index is 1.21. The highest BCUT2D eigenvalue weighted by Crippen LogP contribution is 2.43. The fourth-order valence-corrected chi connectivity index (χ4v) is 6.73. The van der Waals surface area contributed by atoms with E-state index in [-0.39, 0.29) is 0 Å². The third kappa shape index (κ3) is 9.44. The van der Waals surface area contributed by atoms with Gasteiger partial charge in [-0.3, -0.25) is 0 Å². The maximum atomic E-state index is 6.63. The fraction of sp³-hybridized carbons (Fsp3) is 0.182. The molecular formula is C44H39IO6. The zero-order valence-corrected chi connectivity index (χ0v) is 30.3. The van der Waals surface area contributed by atoms with E-state index in [1.165, 1.54) is 0 Å². The van der Waals surface area contributed by atoms with E-state index in [1.807, 2.05) is 121 Å². The van der Waals surface area contributed by atoms with Crippen LogP contribution in [0.5, 0.6) is 11.5 Å². The molecule has 1 heterocycles. The van der Waals surface area contributed by atoms with Gasteiger partial charge in [-0.1, -0.05) is 152 Å². The van der Waals surface area contributed by atoms with Crippen LogP contribution in [0.2, 0.25) is 0 Å². The molecule has 51 heavy (non-hydrogen) atoms. The lowest BCUT2D eigenvalue weighted by Gasteiger charge is -2.22. The van der Waals surface area contributed by atoms with Crippen LogP contribution < -0.4 is 9.47 Å². The summed E-state index contributed by atoms with van der Waals surface area (Å²) in [7, 11) is 0. The van der Waals surface area contributed by atoms with E-state index >= 15 is 0 Å². The summed E-state index contributed by atoms with van der Waals surface area (Å²) in [5.74, 6) is 1.44. The summed E-state index contributed by atoms with van der Waals surface area (Å²) in [6.45, 7) is 1.54. The highest BCUT2D eigenvalue weighted by molar-refractivity contribution is 14.1. The van der Waals surface area contributed by atoms with Gasteiger partial charge in [0.25, 0.3) is 0 Å². The predicted molar refractivity (Wildman–Crippen MR) is 206 cm³/mol. The number of halogens is 1. The van der Waals surface area contributed by atoms with Crippen molar-refractivity contribution in [3.05, 3.63) is 189 Å².